The van der Waals surface area contributed by atoms with Crippen LogP contribution in [0.3, 0.4) is 0 Å². The highest BCUT2D eigenvalue weighted by molar-refractivity contribution is 8.01. The van der Waals surface area contributed by atoms with Crippen LogP contribution in [0.15, 0.2) is 39.1 Å². The number of amides is 1. The summed E-state index contributed by atoms with van der Waals surface area (Å²) in [6.45, 7) is 0. The van der Waals surface area contributed by atoms with Gasteiger partial charge in [0.1, 0.15) is 11.2 Å². The highest BCUT2D eigenvalue weighted by Crippen LogP contribution is 2.35. The Morgan fingerprint density at radius 1 is 1.44 bits per heavy atom. The van der Waals surface area contributed by atoms with Crippen LogP contribution >= 0.6 is 34.7 Å². The minimum absolute atomic E-state index is 0.180. The van der Waals surface area contributed by atoms with Gasteiger partial charge in [-0.2, -0.15) is 5.10 Å². The lowest BCUT2D eigenvalue weighted by Gasteiger charge is -2.08. The number of aryl methyl sites for hydroxylation is 1. The number of aromatic nitrogens is 4. The summed E-state index contributed by atoms with van der Waals surface area (Å²) in [7, 11) is 1.36. The molecule has 0 spiro atoms. The molecule has 0 aliphatic heterocycles. The van der Waals surface area contributed by atoms with Crippen molar-refractivity contribution in [1.29, 1.82) is 0 Å². The molecule has 2 heterocycles. The Morgan fingerprint density at radius 2 is 2.24 bits per heavy atom. The number of benzene rings is 1. The molecule has 2 aromatic heterocycles. The van der Waals surface area contributed by atoms with Crippen molar-refractivity contribution in [2.24, 2.45) is 7.05 Å². The summed E-state index contributed by atoms with van der Waals surface area (Å²) >= 11 is 8.93. The molecule has 0 saturated heterocycles. The smallest absolute Gasteiger partial charge is 0.280 e. The van der Waals surface area contributed by atoms with E-state index in [1.54, 1.807) is 23.7 Å². The first kappa shape index (κ1) is 17.8. The normalized spacial score (nSPS) is 11.1. The van der Waals surface area contributed by atoms with Crippen LogP contribution in [0, 0.1) is 0 Å². The van der Waals surface area contributed by atoms with Crippen LogP contribution in [0.1, 0.15) is 22.5 Å². The first-order valence-corrected chi connectivity index (χ1v) is 8.88. The molecule has 6 nitrogen and oxygen atoms in total. The molecule has 0 radical (unpaired) electrons. The molecule has 1 amide bonds. The predicted octanol–water partition coefficient (Wildman–Crippen LogP) is 4.27. The SMILES string of the molecule is Cn1ncc(C(=O)Nc2ccc(Sc3nncs3)c(Cl)c2)c1C(F)F. The third kappa shape index (κ3) is 3.97. The second kappa shape index (κ2) is 7.46. The topological polar surface area (TPSA) is 72.7 Å². The maximum Gasteiger partial charge on any atom is 0.280 e. The lowest BCUT2D eigenvalue weighted by molar-refractivity contribution is 0.100. The van der Waals surface area contributed by atoms with Crippen LogP contribution in [0.5, 0.6) is 0 Å². The molecule has 3 aromatic rings. The fourth-order valence-corrected chi connectivity index (χ4v) is 3.78. The van der Waals surface area contributed by atoms with E-state index in [-0.39, 0.29) is 5.56 Å². The van der Waals surface area contributed by atoms with Crippen LogP contribution in [0.4, 0.5) is 14.5 Å². The van der Waals surface area contributed by atoms with Gasteiger partial charge in [-0.05, 0) is 18.2 Å². The number of halogens is 3. The van der Waals surface area contributed by atoms with E-state index in [0.29, 0.717) is 10.7 Å². The Kier molecular flexibility index (Phi) is 5.30. The molecule has 0 bridgehead atoms. The molecule has 0 fully saturated rings. The quantitative estimate of drug-likeness (QED) is 0.691. The zero-order chi connectivity index (χ0) is 18.0. The van der Waals surface area contributed by atoms with Crippen LogP contribution in [-0.4, -0.2) is 25.9 Å². The molecular formula is C14H10ClF2N5OS2. The summed E-state index contributed by atoms with van der Waals surface area (Å²) in [4.78, 5) is 13.0. The van der Waals surface area contributed by atoms with E-state index in [0.717, 1.165) is 20.1 Å². The zero-order valence-electron chi connectivity index (χ0n) is 12.6. The molecule has 0 unspecified atom stereocenters. The van der Waals surface area contributed by atoms with Crippen molar-refractivity contribution < 1.29 is 13.6 Å². The van der Waals surface area contributed by atoms with Crippen molar-refractivity contribution in [2.75, 3.05) is 5.32 Å². The largest absolute Gasteiger partial charge is 0.322 e. The second-order valence-corrected chi connectivity index (χ2v) is 7.30. The summed E-state index contributed by atoms with van der Waals surface area (Å²) in [5.41, 5.74) is 1.38. The molecule has 1 N–H and O–H groups in total. The van der Waals surface area contributed by atoms with Crippen molar-refractivity contribution in [1.82, 2.24) is 20.0 Å². The minimum Gasteiger partial charge on any atom is -0.322 e. The van der Waals surface area contributed by atoms with Crippen LogP contribution < -0.4 is 5.32 Å². The second-order valence-electron chi connectivity index (χ2n) is 4.77. The van der Waals surface area contributed by atoms with Crippen LogP contribution in [0.25, 0.3) is 0 Å². The minimum atomic E-state index is -2.80. The number of nitrogens with one attached hydrogen (secondary N) is 1. The average Bonchev–Trinajstić information content (AvgIpc) is 3.19. The van der Waals surface area contributed by atoms with Gasteiger partial charge in [0, 0.05) is 17.6 Å². The Hall–Kier alpha value is -2.04. The molecule has 3 rings (SSSR count). The molecule has 0 aliphatic rings. The third-order valence-corrected chi connectivity index (χ3v) is 5.44. The summed E-state index contributed by atoms with van der Waals surface area (Å²) < 4.78 is 27.8. The number of hydrogen-bond acceptors (Lipinski definition) is 6. The molecule has 0 atom stereocenters. The van der Waals surface area contributed by atoms with E-state index in [1.165, 1.54) is 30.1 Å². The predicted molar refractivity (Wildman–Crippen MR) is 91.6 cm³/mol. The first-order chi connectivity index (χ1) is 12.0. The molecular weight excluding hydrogens is 392 g/mol. The van der Waals surface area contributed by atoms with Gasteiger partial charge in [-0.25, -0.2) is 8.78 Å². The van der Waals surface area contributed by atoms with E-state index < -0.39 is 18.0 Å². The van der Waals surface area contributed by atoms with Gasteiger partial charge in [0.2, 0.25) is 0 Å². The van der Waals surface area contributed by atoms with Gasteiger partial charge in [-0.3, -0.25) is 9.48 Å². The third-order valence-electron chi connectivity index (χ3n) is 3.16. The Morgan fingerprint density at radius 3 is 2.88 bits per heavy atom. The van der Waals surface area contributed by atoms with Gasteiger partial charge in [-0.15, -0.1) is 10.2 Å². The van der Waals surface area contributed by atoms with Gasteiger partial charge in [0.25, 0.3) is 12.3 Å². The Labute approximate surface area is 154 Å². The van der Waals surface area contributed by atoms with Gasteiger partial charge in [0.15, 0.2) is 4.34 Å². The van der Waals surface area contributed by atoms with Crippen LogP contribution in [-0.2, 0) is 7.05 Å². The number of rotatable bonds is 5. The fourth-order valence-electron chi connectivity index (χ4n) is 2.04. The van der Waals surface area contributed by atoms with E-state index in [9.17, 15) is 13.6 Å². The maximum atomic E-state index is 13.0. The number of carbonyl (C=O) groups excluding carboxylic acids is 1. The molecule has 1 aromatic carbocycles. The molecule has 25 heavy (non-hydrogen) atoms. The van der Waals surface area contributed by atoms with Gasteiger partial charge in [-0.1, -0.05) is 34.7 Å². The number of alkyl halides is 2. The maximum absolute atomic E-state index is 13.0. The molecule has 11 heteroatoms. The lowest BCUT2D eigenvalue weighted by atomic mass is 10.2. The summed E-state index contributed by atoms with van der Waals surface area (Å²) in [5, 5.41) is 14.3. The summed E-state index contributed by atoms with van der Waals surface area (Å²) in [6.07, 6.45) is -1.69. The van der Waals surface area contributed by atoms with Crippen molar-refractivity contribution in [3.05, 3.63) is 46.2 Å². The van der Waals surface area contributed by atoms with Gasteiger partial charge < -0.3 is 5.32 Å². The van der Waals surface area contributed by atoms with Crippen molar-refractivity contribution in [3.63, 3.8) is 0 Å². The lowest BCUT2D eigenvalue weighted by Crippen LogP contribution is -2.14. The molecule has 130 valence electrons. The number of nitrogens with zero attached hydrogens (tertiary/aromatic N) is 4. The summed E-state index contributed by atoms with van der Waals surface area (Å²) in [6, 6.07) is 4.88. The van der Waals surface area contributed by atoms with E-state index >= 15 is 0 Å². The van der Waals surface area contributed by atoms with E-state index in [2.05, 4.69) is 20.6 Å². The Balaban J connectivity index is 1.77. The highest BCUT2D eigenvalue weighted by Gasteiger charge is 2.23. The van der Waals surface area contributed by atoms with E-state index in [4.69, 9.17) is 11.6 Å². The van der Waals surface area contributed by atoms with E-state index in [1.807, 2.05) is 0 Å². The van der Waals surface area contributed by atoms with Crippen LogP contribution in [0.2, 0.25) is 5.02 Å². The van der Waals surface area contributed by atoms with Crippen molar-refractivity contribution in [2.45, 2.75) is 15.7 Å². The number of hydrogen-bond donors (Lipinski definition) is 1. The number of carbonyl (C=O) groups is 1. The molecule has 0 saturated carbocycles. The Bertz CT molecular complexity index is 901. The standard InChI is InChI=1S/C14H10ClF2N5OS2/c1-22-11(12(16)17)8(5-19-22)13(23)20-7-2-3-10(9(15)4-7)25-14-21-18-6-24-14/h2-6,12H,1H3,(H,20,23). The highest BCUT2D eigenvalue weighted by atomic mass is 35.5. The zero-order valence-corrected chi connectivity index (χ0v) is 15.0. The van der Waals surface area contributed by atoms with Crippen molar-refractivity contribution in [3.8, 4) is 0 Å². The fraction of sp³-hybridized carbons (Fsp3) is 0.143. The monoisotopic (exact) mass is 401 g/mol. The average molecular weight is 402 g/mol. The van der Waals surface area contributed by atoms with Crippen molar-refractivity contribution >= 4 is 46.3 Å². The van der Waals surface area contributed by atoms with Gasteiger partial charge in [0.05, 0.1) is 16.8 Å². The molecule has 0 aliphatic carbocycles. The summed E-state index contributed by atoms with van der Waals surface area (Å²) in [5.74, 6) is -0.677. The van der Waals surface area contributed by atoms with Gasteiger partial charge >= 0.3 is 0 Å². The first-order valence-electron chi connectivity index (χ1n) is 6.80. The number of anilines is 1.